The van der Waals surface area contributed by atoms with Crippen LogP contribution in [0.4, 0.5) is 0 Å². The van der Waals surface area contributed by atoms with Gasteiger partial charge in [0.05, 0.1) is 6.10 Å². The van der Waals surface area contributed by atoms with Gasteiger partial charge in [0.15, 0.2) is 0 Å². The smallest absolute Gasteiger partial charge is 0.121 e. The Bertz CT molecular complexity index is 258. The van der Waals surface area contributed by atoms with Crippen LogP contribution in [0.5, 0.6) is 5.75 Å². The fourth-order valence-corrected chi connectivity index (χ4v) is 1.04. The van der Waals surface area contributed by atoms with Crippen LogP contribution >= 0.6 is 11.6 Å². The Balaban J connectivity index is 3.13. The highest BCUT2D eigenvalue weighted by Gasteiger charge is 2.06. The number of hydrogen-bond acceptors (Lipinski definition) is 2. The topological polar surface area (TPSA) is 40.5 Å². The Morgan fingerprint density at radius 3 is 2.55 bits per heavy atom. The average Bonchev–Trinajstić information content (AvgIpc) is 1.94. The van der Waals surface area contributed by atoms with Gasteiger partial charge in [0.2, 0.25) is 0 Å². The third-order valence-corrected chi connectivity index (χ3v) is 1.67. The molecule has 0 spiro atoms. The number of rotatable bonds is 1. The van der Waals surface area contributed by atoms with Crippen LogP contribution in [-0.4, -0.2) is 10.2 Å². The van der Waals surface area contributed by atoms with E-state index in [9.17, 15) is 5.11 Å². The monoisotopic (exact) mass is 172 g/mol. The van der Waals surface area contributed by atoms with Crippen molar-refractivity contribution < 1.29 is 10.2 Å². The second-order valence-electron chi connectivity index (χ2n) is 2.38. The summed E-state index contributed by atoms with van der Waals surface area (Å²) in [5.74, 6) is 0.0735. The molecule has 0 heterocycles. The van der Waals surface area contributed by atoms with E-state index >= 15 is 0 Å². The Hall–Kier alpha value is -0.730. The van der Waals surface area contributed by atoms with Crippen molar-refractivity contribution in [2.75, 3.05) is 0 Å². The summed E-state index contributed by atoms with van der Waals surface area (Å²) in [7, 11) is 0. The number of halogens is 1. The molecule has 3 heteroatoms. The van der Waals surface area contributed by atoms with Crippen molar-refractivity contribution in [3.63, 3.8) is 0 Å². The first-order valence-electron chi connectivity index (χ1n) is 3.27. The Labute approximate surface area is 70.1 Å². The predicted octanol–water partition coefficient (Wildman–Crippen LogP) is 2.10. The molecule has 60 valence electrons. The highest BCUT2D eigenvalue weighted by Crippen LogP contribution is 2.26. The fourth-order valence-electron chi connectivity index (χ4n) is 0.860. The average molecular weight is 173 g/mol. The number of aliphatic hydroxyl groups excluding tert-OH is 1. The first-order valence-corrected chi connectivity index (χ1v) is 3.65. The molecule has 1 rings (SSSR count). The van der Waals surface area contributed by atoms with Gasteiger partial charge in [-0.2, -0.15) is 0 Å². The first kappa shape index (κ1) is 8.37. The molecule has 0 amide bonds. The molecule has 0 saturated heterocycles. The lowest BCUT2D eigenvalue weighted by Crippen LogP contribution is -1.90. The van der Waals surface area contributed by atoms with E-state index in [0.29, 0.717) is 10.6 Å². The zero-order valence-electron chi connectivity index (χ0n) is 6.08. The van der Waals surface area contributed by atoms with E-state index in [-0.39, 0.29) is 5.75 Å². The number of benzene rings is 1. The molecule has 2 N–H and O–H groups in total. The minimum absolute atomic E-state index is 0.0735. The summed E-state index contributed by atoms with van der Waals surface area (Å²) >= 11 is 5.64. The molecule has 0 fully saturated rings. The van der Waals surface area contributed by atoms with Gasteiger partial charge in [-0.3, -0.25) is 0 Å². The standard InChI is InChI=1S/C8H9ClO2/c1-5(10)7-4-6(9)2-3-8(7)11/h2-5,10-11H,1H3/t5-/m0/s1. The number of hydrogen-bond donors (Lipinski definition) is 2. The summed E-state index contributed by atoms with van der Waals surface area (Å²) < 4.78 is 0. The van der Waals surface area contributed by atoms with Gasteiger partial charge in [-0.05, 0) is 25.1 Å². The van der Waals surface area contributed by atoms with Crippen molar-refractivity contribution in [1.82, 2.24) is 0 Å². The molecule has 1 atom stereocenters. The molecule has 2 nitrogen and oxygen atoms in total. The van der Waals surface area contributed by atoms with Gasteiger partial charge in [0.1, 0.15) is 5.75 Å². The van der Waals surface area contributed by atoms with E-state index < -0.39 is 6.10 Å². The van der Waals surface area contributed by atoms with E-state index in [4.69, 9.17) is 16.7 Å². The lowest BCUT2D eigenvalue weighted by Gasteiger charge is -2.06. The predicted molar refractivity (Wildman–Crippen MR) is 43.8 cm³/mol. The van der Waals surface area contributed by atoms with Crippen LogP contribution in [0.1, 0.15) is 18.6 Å². The van der Waals surface area contributed by atoms with E-state index in [2.05, 4.69) is 0 Å². The number of aliphatic hydroxyl groups is 1. The van der Waals surface area contributed by atoms with Crippen LogP contribution in [-0.2, 0) is 0 Å². The third-order valence-electron chi connectivity index (χ3n) is 1.44. The Kier molecular flexibility index (Phi) is 2.37. The number of phenols is 1. The minimum Gasteiger partial charge on any atom is -0.508 e. The van der Waals surface area contributed by atoms with E-state index in [1.54, 1.807) is 19.1 Å². The summed E-state index contributed by atoms with van der Waals surface area (Å²) in [6.07, 6.45) is -0.686. The van der Waals surface area contributed by atoms with Crippen LogP contribution in [0.25, 0.3) is 0 Å². The third kappa shape index (κ3) is 1.85. The summed E-state index contributed by atoms with van der Waals surface area (Å²) in [6, 6.07) is 4.58. The van der Waals surface area contributed by atoms with Crippen LogP contribution in [0.2, 0.25) is 5.02 Å². The highest BCUT2D eigenvalue weighted by molar-refractivity contribution is 6.30. The van der Waals surface area contributed by atoms with Gasteiger partial charge in [-0.15, -0.1) is 0 Å². The molecule has 0 bridgehead atoms. The maximum absolute atomic E-state index is 9.19. The Morgan fingerprint density at radius 2 is 2.09 bits per heavy atom. The number of phenolic OH excluding ortho intramolecular Hbond substituents is 1. The van der Waals surface area contributed by atoms with Gasteiger partial charge in [-0.1, -0.05) is 11.6 Å². The van der Waals surface area contributed by atoms with E-state index in [1.165, 1.54) is 6.07 Å². The molecule has 0 aliphatic heterocycles. The Morgan fingerprint density at radius 1 is 1.45 bits per heavy atom. The maximum atomic E-state index is 9.19. The molecule has 0 radical (unpaired) electrons. The van der Waals surface area contributed by atoms with Crippen molar-refractivity contribution in [3.05, 3.63) is 28.8 Å². The van der Waals surface area contributed by atoms with Crippen molar-refractivity contribution in [3.8, 4) is 5.75 Å². The van der Waals surface area contributed by atoms with Gasteiger partial charge in [0, 0.05) is 10.6 Å². The minimum atomic E-state index is -0.686. The molecule has 0 aliphatic carbocycles. The number of aromatic hydroxyl groups is 1. The molecular weight excluding hydrogens is 164 g/mol. The van der Waals surface area contributed by atoms with Crippen molar-refractivity contribution in [2.45, 2.75) is 13.0 Å². The molecular formula is C8H9ClO2. The summed E-state index contributed by atoms with van der Waals surface area (Å²) in [5.41, 5.74) is 0.456. The quantitative estimate of drug-likeness (QED) is 0.681. The summed E-state index contributed by atoms with van der Waals surface area (Å²) in [6.45, 7) is 1.57. The van der Waals surface area contributed by atoms with Gasteiger partial charge in [-0.25, -0.2) is 0 Å². The normalized spacial score (nSPS) is 13.0. The first-order chi connectivity index (χ1) is 5.11. The summed E-state index contributed by atoms with van der Waals surface area (Å²) in [5, 5.41) is 18.8. The molecule has 0 aromatic heterocycles. The lowest BCUT2D eigenvalue weighted by molar-refractivity contribution is 0.195. The SMILES string of the molecule is C[C@H](O)c1cc(Cl)ccc1O. The molecule has 1 aromatic rings. The van der Waals surface area contributed by atoms with Gasteiger partial charge in [0.25, 0.3) is 0 Å². The molecule has 0 unspecified atom stereocenters. The zero-order valence-corrected chi connectivity index (χ0v) is 6.84. The van der Waals surface area contributed by atoms with Gasteiger partial charge >= 0.3 is 0 Å². The van der Waals surface area contributed by atoms with Crippen molar-refractivity contribution >= 4 is 11.6 Å². The second kappa shape index (κ2) is 3.11. The second-order valence-corrected chi connectivity index (χ2v) is 2.82. The lowest BCUT2D eigenvalue weighted by atomic mass is 10.1. The van der Waals surface area contributed by atoms with Crippen LogP contribution in [0.15, 0.2) is 18.2 Å². The van der Waals surface area contributed by atoms with E-state index in [1.807, 2.05) is 0 Å². The van der Waals surface area contributed by atoms with Gasteiger partial charge < -0.3 is 10.2 Å². The van der Waals surface area contributed by atoms with Crippen LogP contribution in [0, 0.1) is 0 Å². The highest BCUT2D eigenvalue weighted by atomic mass is 35.5. The fraction of sp³-hybridized carbons (Fsp3) is 0.250. The molecule has 0 saturated carbocycles. The maximum Gasteiger partial charge on any atom is 0.121 e. The zero-order chi connectivity index (χ0) is 8.43. The largest absolute Gasteiger partial charge is 0.508 e. The van der Waals surface area contributed by atoms with E-state index in [0.717, 1.165) is 0 Å². The molecule has 0 aliphatic rings. The molecule has 11 heavy (non-hydrogen) atoms. The summed E-state index contributed by atoms with van der Waals surface area (Å²) in [4.78, 5) is 0. The van der Waals surface area contributed by atoms with Crippen molar-refractivity contribution in [2.24, 2.45) is 0 Å². The van der Waals surface area contributed by atoms with Crippen LogP contribution in [0.3, 0.4) is 0 Å². The molecule has 1 aromatic carbocycles. The van der Waals surface area contributed by atoms with Crippen LogP contribution < -0.4 is 0 Å². The van der Waals surface area contributed by atoms with Crippen molar-refractivity contribution in [1.29, 1.82) is 0 Å².